The Morgan fingerprint density at radius 3 is 2.32 bits per heavy atom. The number of sulfonamides is 1. The molecule has 4 aromatic rings. The van der Waals surface area contributed by atoms with Gasteiger partial charge in [-0.05, 0) is 43.3 Å². The molecule has 0 bridgehead atoms. The number of aromatic nitrogens is 3. The SMILES string of the molecule is Cc1cc2nc(N3CCN(S(=O)(=O)c4ccc(OC(F)(F)F)cc4)CC3)c3ccccc3n2n1. The Hall–Kier alpha value is -3.38. The smallest absolute Gasteiger partial charge is 0.406 e. The van der Waals surface area contributed by atoms with Gasteiger partial charge in [0, 0.05) is 37.6 Å². The van der Waals surface area contributed by atoms with Crippen LogP contribution in [0.25, 0.3) is 16.6 Å². The van der Waals surface area contributed by atoms with Gasteiger partial charge in [0.25, 0.3) is 0 Å². The molecule has 5 rings (SSSR count). The van der Waals surface area contributed by atoms with Gasteiger partial charge in [0.2, 0.25) is 10.0 Å². The van der Waals surface area contributed by atoms with Crippen LogP contribution < -0.4 is 9.64 Å². The van der Waals surface area contributed by atoms with E-state index in [1.807, 2.05) is 42.2 Å². The largest absolute Gasteiger partial charge is 0.573 e. The van der Waals surface area contributed by atoms with Crippen molar-refractivity contribution in [1.29, 1.82) is 0 Å². The molecule has 0 spiro atoms. The van der Waals surface area contributed by atoms with Gasteiger partial charge in [0.05, 0.1) is 16.1 Å². The fourth-order valence-electron chi connectivity index (χ4n) is 4.10. The van der Waals surface area contributed by atoms with Gasteiger partial charge in [0.1, 0.15) is 11.6 Å². The van der Waals surface area contributed by atoms with E-state index in [0.29, 0.717) is 18.7 Å². The first kappa shape index (κ1) is 22.4. The van der Waals surface area contributed by atoms with Gasteiger partial charge in [-0.1, -0.05) is 12.1 Å². The average molecular weight is 491 g/mol. The summed E-state index contributed by atoms with van der Waals surface area (Å²) < 4.78 is 70.1. The molecule has 3 heterocycles. The second kappa shape index (κ2) is 8.13. The predicted octanol–water partition coefficient (Wildman–Crippen LogP) is 3.60. The first-order chi connectivity index (χ1) is 16.1. The maximum absolute atomic E-state index is 13.0. The van der Waals surface area contributed by atoms with Crippen molar-refractivity contribution in [3.63, 3.8) is 0 Å². The number of piperazine rings is 1. The van der Waals surface area contributed by atoms with Crippen LogP contribution in [0.2, 0.25) is 0 Å². The van der Waals surface area contributed by atoms with Crippen LogP contribution in [0.5, 0.6) is 5.75 Å². The Labute approximate surface area is 193 Å². The zero-order chi connectivity index (χ0) is 24.1. The van der Waals surface area contributed by atoms with Gasteiger partial charge >= 0.3 is 6.36 Å². The maximum atomic E-state index is 13.0. The van der Waals surface area contributed by atoms with Crippen LogP contribution >= 0.6 is 0 Å². The zero-order valence-corrected chi connectivity index (χ0v) is 18.8. The van der Waals surface area contributed by atoms with Crippen molar-refractivity contribution in [3.05, 3.63) is 60.3 Å². The Morgan fingerprint density at radius 2 is 1.65 bits per heavy atom. The number of rotatable bonds is 4. The fourth-order valence-corrected chi connectivity index (χ4v) is 5.52. The van der Waals surface area contributed by atoms with Gasteiger partial charge in [-0.15, -0.1) is 13.2 Å². The predicted molar refractivity (Wildman–Crippen MR) is 119 cm³/mol. The first-order valence-corrected chi connectivity index (χ1v) is 11.9. The van der Waals surface area contributed by atoms with Gasteiger partial charge in [-0.25, -0.2) is 17.9 Å². The van der Waals surface area contributed by atoms with Crippen LogP contribution in [0.1, 0.15) is 5.69 Å². The third kappa shape index (κ3) is 4.14. The van der Waals surface area contributed by atoms with E-state index in [4.69, 9.17) is 4.98 Å². The number of alkyl halides is 3. The van der Waals surface area contributed by atoms with E-state index < -0.39 is 22.1 Å². The molecule has 34 heavy (non-hydrogen) atoms. The highest BCUT2D eigenvalue weighted by Gasteiger charge is 2.32. The van der Waals surface area contributed by atoms with Gasteiger partial charge in [-0.2, -0.15) is 9.40 Å². The number of anilines is 1. The average Bonchev–Trinajstić information content (AvgIpc) is 3.18. The number of ether oxygens (including phenoxy) is 1. The van der Waals surface area contributed by atoms with E-state index in [9.17, 15) is 21.6 Å². The van der Waals surface area contributed by atoms with Crippen LogP contribution in [0.3, 0.4) is 0 Å². The van der Waals surface area contributed by atoms with Gasteiger partial charge in [-0.3, -0.25) is 0 Å². The number of hydrogen-bond donors (Lipinski definition) is 0. The maximum Gasteiger partial charge on any atom is 0.573 e. The standard InChI is InChI=1S/C22H20F3N5O3S/c1-15-14-20-26-21(18-4-2-3-5-19(18)30(20)27-15)28-10-12-29(13-11-28)34(31,32)17-8-6-16(7-9-17)33-22(23,24)25/h2-9,14H,10-13H2,1H3. The van der Waals surface area contributed by atoms with Crippen LogP contribution in [-0.4, -0.2) is 59.9 Å². The van der Waals surface area contributed by atoms with Crippen molar-refractivity contribution in [2.45, 2.75) is 18.2 Å². The molecular formula is C22H20F3N5O3S. The van der Waals surface area contributed by atoms with E-state index >= 15 is 0 Å². The number of halogens is 3. The lowest BCUT2D eigenvalue weighted by atomic mass is 10.2. The summed E-state index contributed by atoms with van der Waals surface area (Å²) in [5, 5.41) is 5.42. The van der Waals surface area contributed by atoms with Crippen LogP contribution in [0, 0.1) is 6.92 Å². The molecule has 0 atom stereocenters. The normalized spacial score (nSPS) is 15.8. The molecule has 1 saturated heterocycles. The minimum atomic E-state index is -4.84. The highest BCUT2D eigenvalue weighted by molar-refractivity contribution is 7.89. The zero-order valence-electron chi connectivity index (χ0n) is 18.0. The summed E-state index contributed by atoms with van der Waals surface area (Å²) >= 11 is 0. The first-order valence-electron chi connectivity index (χ1n) is 10.5. The lowest BCUT2D eigenvalue weighted by Gasteiger charge is -2.35. The molecule has 8 nitrogen and oxygen atoms in total. The molecule has 0 N–H and O–H groups in total. The number of fused-ring (bicyclic) bond motifs is 3. The molecule has 178 valence electrons. The Morgan fingerprint density at radius 1 is 0.971 bits per heavy atom. The summed E-state index contributed by atoms with van der Waals surface area (Å²) in [6.07, 6.45) is -4.84. The molecule has 0 radical (unpaired) electrons. The molecule has 1 fully saturated rings. The molecule has 2 aromatic heterocycles. The third-order valence-electron chi connectivity index (χ3n) is 5.64. The summed E-state index contributed by atoms with van der Waals surface area (Å²) in [5.41, 5.74) is 2.46. The van der Waals surface area contributed by atoms with Crippen LogP contribution in [0.15, 0.2) is 59.5 Å². The van der Waals surface area contributed by atoms with E-state index in [1.54, 1.807) is 4.52 Å². The molecule has 0 aliphatic carbocycles. The molecule has 1 aliphatic heterocycles. The minimum absolute atomic E-state index is 0.0878. The summed E-state index contributed by atoms with van der Waals surface area (Å²) in [6.45, 7) is 3.14. The highest BCUT2D eigenvalue weighted by Crippen LogP contribution is 2.29. The van der Waals surface area contributed by atoms with E-state index in [0.717, 1.165) is 46.7 Å². The van der Waals surface area contributed by atoms with Gasteiger partial charge in [0.15, 0.2) is 5.65 Å². The highest BCUT2D eigenvalue weighted by atomic mass is 32.2. The van der Waals surface area contributed by atoms with Crippen molar-refractivity contribution in [2.24, 2.45) is 0 Å². The Bertz CT molecular complexity index is 1460. The molecule has 1 aliphatic rings. The molecule has 0 amide bonds. The minimum Gasteiger partial charge on any atom is -0.406 e. The van der Waals surface area contributed by atoms with Crippen molar-refractivity contribution in [2.75, 3.05) is 31.1 Å². The molecule has 0 unspecified atom stereocenters. The fraction of sp³-hybridized carbons (Fsp3) is 0.273. The van der Waals surface area contributed by atoms with E-state index in [2.05, 4.69) is 9.84 Å². The van der Waals surface area contributed by atoms with Crippen LogP contribution in [0.4, 0.5) is 19.0 Å². The third-order valence-corrected chi connectivity index (χ3v) is 7.55. The lowest BCUT2D eigenvalue weighted by molar-refractivity contribution is -0.274. The molecule has 2 aromatic carbocycles. The topological polar surface area (TPSA) is 80.0 Å². The number of aryl methyl sites for hydroxylation is 1. The Balaban J connectivity index is 1.37. The summed E-state index contributed by atoms with van der Waals surface area (Å²) in [7, 11) is -3.87. The summed E-state index contributed by atoms with van der Waals surface area (Å²) in [4.78, 5) is 6.74. The summed E-state index contributed by atoms with van der Waals surface area (Å²) in [6, 6.07) is 13.9. The number of hydrogen-bond acceptors (Lipinski definition) is 6. The number of para-hydroxylation sites is 1. The Kier molecular flexibility index (Phi) is 5.36. The molecule has 12 heteroatoms. The summed E-state index contributed by atoms with van der Waals surface area (Å²) in [5.74, 6) is 0.286. The van der Waals surface area contributed by atoms with E-state index in [1.165, 1.54) is 4.31 Å². The molecule has 0 saturated carbocycles. The molecular weight excluding hydrogens is 471 g/mol. The number of benzene rings is 2. The van der Waals surface area contributed by atoms with Gasteiger partial charge < -0.3 is 9.64 Å². The second-order valence-electron chi connectivity index (χ2n) is 7.92. The monoisotopic (exact) mass is 491 g/mol. The van der Waals surface area contributed by atoms with Crippen molar-refractivity contribution in [1.82, 2.24) is 18.9 Å². The number of nitrogens with zero attached hydrogens (tertiary/aromatic N) is 5. The van der Waals surface area contributed by atoms with E-state index in [-0.39, 0.29) is 18.0 Å². The second-order valence-corrected chi connectivity index (χ2v) is 9.86. The van der Waals surface area contributed by atoms with Crippen molar-refractivity contribution in [3.8, 4) is 5.75 Å². The lowest BCUT2D eigenvalue weighted by Crippen LogP contribution is -2.49. The quantitative estimate of drug-likeness (QED) is 0.434. The van der Waals surface area contributed by atoms with Crippen molar-refractivity contribution >= 4 is 32.4 Å². The van der Waals surface area contributed by atoms with Crippen molar-refractivity contribution < 1.29 is 26.3 Å². The van der Waals surface area contributed by atoms with Crippen LogP contribution in [-0.2, 0) is 10.0 Å².